The van der Waals surface area contributed by atoms with Gasteiger partial charge in [-0.15, -0.1) is 5.10 Å². The Balaban J connectivity index is 2.46. The summed E-state index contributed by atoms with van der Waals surface area (Å²) >= 11 is 5.88. The van der Waals surface area contributed by atoms with E-state index in [4.69, 9.17) is 11.6 Å². The van der Waals surface area contributed by atoms with Gasteiger partial charge in [-0.05, 0) is 17.1 Å². The van der Waals surface area contributed by atoms with Gasteiger partial charge in [-0.25, -0.2) is 0 Å². The van der Waals surface area contributed by atoms with Crippen molar-refractivity contribution in [2.24, 2.45) is 0 Å². The van der Waals surface area contributed by atoms with Gasteiger partial charge in [0.2, 0.25) is 0 Å². The van der Waals surface area contributed by atoms with Gasteiger partial charge >= 0.3 is 5.82 Å². The van der Waals surface area contributed by atoms with Crippen LogP contribution in [-0.4, -0.2) is 19.9 Å². The molecule has 0 aliphatic rings. The summed E-state index contributed by atoms with van der Waals surface area (Å²) < 4.78 is 0. The maximum absolute atomic E-state index is 10.4. The fourth-order valence-electron chi connectivity index (χ4n) is 1.07. The Hall–Kier alpha value is -1.95. The minimum Gasteiger partial charge on any atom is -0.358 e. The second kappa shape index (κ2) is 3.66. The lowest BCUT2D eigenvalue weighted by Crippen LogP contribution is -1.99. The van der Waals surface area contributed by atoms with Gasteiger partial charge < -0.3 is 10.1 Å². The number of aromatic nitrogens is 3. The van der Waals surface area contributed by atoms with Crippen molar-refractivity contribution in [3.8, 4) is 5.69 Å². The molecule has 6 nitrogen and oxygen atoms in total. The molecule has 7 heteroatoms. The minimum absolute atomic E-state index is 0.310. The summed E-state index contributed by atoms with van der Waals surface area (Å²) in [5, 5.41) is 18.2. The molecule has 0 spiro atoms. The van der Waals surface area contributed by atoms with E-state index in [9.17, 15) is 10.1 Å². The lowest BCUT2D eigenvalue weighted by atomic mass is 10.3. The molecule has 15 heavy (non-hydrogen) atoms. The Bertz CT molecular complexity index is 511. The molecule has 2 rings (SSSR count). The summed E-state index contributed by atoms with van der Waals surface area (Å²) in [6.45, 7) is 0. The Labute approximate surface area is 89.2 Å². The van der Waals surface area contributed by atoms with Crippen molar-refractivity contribution < 1.29 is 4.92 Å². The summed E-state index contributed by atoms with van der Waals surface area (Å²) in [6, 6.07) is 6.83. The van der Waals surface area contributed by atoms with Gasteiger partial charge in [0.05, 0.1) is 10.1 Å². The van der Waals surface area contributed by atoms with Gasteiger partial charge in [0.25, 0.3) is 0 Å². The molecule has 0 saturated carbocycles. The van der Waals surface area contributed by atoms with Gasteiger partial charge in [0.1, 0.15) is 5.69 Å². The van der Waals surface area contributed by atoms with Crippen LogP contribution in [0.15, 0.2) is 30.5 Å². The molecule has 0 aliphatic heterocycles. The lowest BCUT2D eigenvalue weighted by molar-refractivity contribution is -0.389. The summed E-state index contributed by atoms with van der Waals surface area (Å²) in [6.07, 6.45) is 1.07. The van der Waals surface area contributed by atoms with E-state index in [1.807, 2.05) is 0 Å². The van der Waals surface area contributed by atoms with E-state index in [-0.39, 0.29) is 5.82 Å². The van der Waals surface area contributed by atoms with Crippen LogP contribution in [0, 0.1) is 10.1 Å². The molecular formula is C8H5ClN4O2. The highest BCUT2D eigenvalue weighted by Gasteiger charge is 2.15. The molecule has 0 aliphatic carbocycles. The van der Waals surface area contributed by atoms with Gasteiger partial charge in [-0.3, -0.25) is 0 Å². The predicted molar refractivity (Wildman–Crippen MR) is 53.0 cm³/mol. The van der Waals surface area contributed by atoms with E-state index in [0.717, 1.165) is 11.0 Å². The number of para-hydroxylation sites is 1. The first kappa shape index (κ1) is 9.60. The van der Waals surface area contributed by atoms with Gasteiger partial charge in [-0.1, -0.05) is 28.5 Å². The molecule has 0 radical (unpaired) electrons. The van der Waals surface area contributed by atoms with Crippen molar-refractivity contribution in [3.05, 3.63) is 45.6 Å². The quantitative estimate of drug-likeness (QED) is 0.576. The van der Waals surface area contributed by atoms with Crippen LogP contribution in [0.3, 0.4) is 0 Å². The highest BCUT2D eigenvalue weighted by Crippen LogP contribution is 2.18. The Morgan fingerprint density at radius 2 is 2.13 bits per heavy atom. The molecule has 0 bridgehead atoms. The zero-order valence-corrected chi connectivity index (χ0v) is 8.13. The van der Waals surface area contributed by atoms with E-state index in [0.29, 0.717) is 10.7 Å². The number of benzene rings is 1. The fraction of sp³-hybridized carbons (Fsp3) is 0. The maximum atomic E-state index is 10.4. The molecule has 1 heterocycles. The summed E-state index contributed by atoms with van der Waals surface area (Å²) in [5.74, 6) is -0.310. The first-order valence-corrected chi connectivity index (χ1v) is 4.38. The molecule has 0 amide bonds. The van der Waals surface area contributed by atoms with Crippen LogP contribution in [0.25, 0.3) is 5.69 Å². The van der Waals surface area contributed by atoms with Crippen LogP contribution in [0.5, 0.6) is 0 Å². The van der Waals surface area contributed by atoms with E-state index in [1.54, 1.807) is 24.3 Å². The number of hydrogen-bond acceptors (Lipinski definition) is 4. The van der Waals surface area contributed by atoms with Crippen LogP contribution in [-0.2, 0) is 0 Å². The van der Waals surface area contributed by atoms with Crippen LogP contribution < -0.4 is 0 Å². The zero-order valence-electron chi connectivity index (χ0n) is 7.37. The average Bonchev–Trinajstić information content (AvgIpc) is 2.67. The Kier molecular flexibility index (Phi) is 2.34. The molecule has 0 N–H and O–H groups in total. The summed E-state index contributed by atoms with van der Waals surface area (Å²) in [4.78, 5) is 10.9. The number of nitro groups is 1. The van der Waals surface area contributed by atoms with Crippen LogP contribution >= 0.6 is 11.6 Å². The minimum atomic E-state index is -0.611. The number of nitrogens with zero attached hydrogens (tertiary/aromatic N) is 4. The molecule has 0 unspecified atom stereocenters. The average molecular weight is 225 g/mol. The van der Waals surface area contributed by atoms with E-state index in [1.165, 1.54) is 0 Å². The summed E-state index contributed by atoms with van der Waals surface area (Å²) in [5.41, 5.74) is 0.507. The largest absolute Gasteiger partial charge is 0.410 e. The van der Waals surface area contributed by atoms with Crippen LogP contribution in [0.4, 0.5) is 5.82 Å². The van der Waals surface area contributed by atoms with E-state index >= 15 is 0 Å². The van der Waals surface area contributed by atoms with Crippen molar-refractivity contribution in [2.45, 2.75) is 0 Å². The zero-order chi connectivity index (χ0) is 10.8. The predicted octanol–water partition coefficient (Wildman–Crippen LogP) is 1.83. The standard InChI is InChI=1S/C8H5ClN4O2/c9-6-3-1-2-4-7(6)12-10-5-8(11-12)13(14)15/h1-5H. The molecule has 0 saturated heterocycles. The Morgan fingerprint density at radius 3 is 2.73 bits per heavy atom. The second-order valence-electron chi connectivity index (χ2n) is 2.70. The van der Waals surface area contributed by atoms with Gasteiger partial charge in [0.15, 0.2) is 6.20 Å². The third kappa shape index (κ3) is 1.79. The first-order valence-electron chi connectivity index (χ1n) is 4.00. The third-order valence-corrected chi connectivity index (χ3v) is 2.05. The van der Waals surface area contributed by atoms with Crippen molar-refractivity contribution in [3.63, 3.8) is 0 Å². The number of rotatable bonds is 2. The molecule has 0 atom stereocenters. The molecular weight excluding hydrogens is 220 g/mol. The molecule has 0 fully saturated rings. The van der Waals surface area contributed by atoms with Crippen molar-refractivity contribution in [2.75, 3.05) is 0 Å². The monoisotopic (exact) mass is 224 g/mol. The molecule has 1 aromatic heterocycles. The van der Waals surface area contributed by atoms with Crippen LogP contribution in [0.2, 0.25) is 5.02 Å². The topological polar surface area (TPSA) is 73.8 Å². The van der Waals surface area contributed by atoms with Crippen molar-refractivity contribution in [1.29, 1.82) is 0 Å². The van der Waals surface area contributed by atoms with Crippen molar-refractivity contribution >= 4 is 17.4 Å². The van der Waals surface area contributed by atoms with Crippen molar-refractivity contribution in [1.82, 2.24) is 15.0 Å². The third-order valence-electron chi connectivity index (χ3n) is 1.73. The van der Waals surface area contributed by atoms with Gasteiger partial charge in [-0.2, -0.15) is 0 Å². The maximum Gasteiger partial charge on any atom is 0.410 e. The highest BCUT2D eigenvalue weighted by molar-refractivity contribution is 6.32. The molecule has 1 aromatic carbocycles. The van der Waals surface area contributed by atoms with Crippen LogP contribution in [0.1, 0.15) is 0 Å². The normalized spacial score (nSPS) is 10.2. The first-order chi connectivity index (χ1) is 7.18. The lowest BCUT2D eigenvalue weighted by Gasteiger charge is -1.96. The number of halogens is 1. The smallest absolute Gasteiger partial charge is 0.358 e. The van der Waals surface area contributed by atoms with E-state index in [2.05, 4.69) is 10.2 Å². The summed E-state index contributed by atoms with van der Waals surface area (Å²) in [7, 11) is 0. The Morgan fingerprint density at radius 1 is 1.40 bits per heavy atom. The SMILES string of the molecule is O=[N+]([O-])c1cnn(-c2ccccc2Cl)n1. The second-order valence-corrected chi connectivity index (χ2v) is 3.11. The van der Waals surface area contributed by atoms with E-state index < -0.39 is 4.92 Å². The molecule has 2 aromatic rings. The van der Waals surface area contributed by atoms with Gasteiger partial charge in [0, 0.05) is 0 Å². The molecule has 76 valence electrons. The fourth-order valence-corrected chi connectivity index (χ4v) is 1.28. The highest BCUT2D eigenvalue weighted by atomic mass is 35.5. The number of hydrogen-bond donors (Lipinski definition) is 0.